The van der Waals surface area contributed by atoms with Gasteiger partial charge in [-0.05, 0) is 66.7 Å². The molecular weight excluding hydrogens is 512 g/mol. The molecule has 37 heavy (non-hydrogen) atoms. The molecule has 0 spiro atoms. The molecule has 0 bridgehead atoms. The van der Waals surface area contributed by atoms with Gasteiger partial charge in [0.25, 0.3) is 5.91 Å². The number of nitrogens with one attached hydrogen (secondary N) is 1. The zero-order valence-electron chi connectivity index (χ0n) is 19.5. The van der Waals surface area contributed by atoms with Gasteiger partial charge in [0.15, 0.2) is 5.84 Å². The van der Waals surface area contributed by atoms with Crippen LogP contribution in [0.5, 0.6) is 11.5 Å². The Morgan fingerprint density at radius 2 is 1.73 bits per heavy atom. The van der Waals surface area contributed by atoms with Crippen molar-refractivity contribution < 1.29 is 22.1 Å². The van der Waals surface area contributed by atoms with Crippen molar-refractivity contribution in [3.8, 4) is 11.5 Å². The number of carbonyl (C=O) groups is 1. The average Bonchev–Trinajstić information content (AvgIpc) is 3.29. The van der Waals surface area contributed by atoms with E-state index in [-0.39, 0.29) is 33.8 Å². The quantitative estimate of drug-likeness (QED) is 0.352. The van der Waals surface area contributed by atoms with Crippen LogP contribution in [0.3, 0.4) is 0 Å². The van der Waals surface area contributed by atoms with Crippen LogP contribution in [-0.4, -0.2) is 42.0 Å². The number of aryl methyl sites for hydroxylation is 1. The number of rotatable bonds is 7. The Balaban J connectivity index is 1.33. The SMILES string of the molecule is Cc1ccc(S(=O)(=O)Oc2cccc(/C=C3/C(=N)N4N=C(COc5ccccc5)SC4=NC3=O)c2)cc1. The number of para-hydroxylation sites is 1. The molecule has 11 heteroatoms. The molecule has 0 aromatic heterocycles. The molecule has 0 radical (unpaired) electrons. The molecule has 0 saturated carbocycles. The number of ether oxygens (including phenoxy) is 1. The Morgan fingerprint density at radius 3 is 2.49 bits per heavy atom. The van der Waals surface area contributed by atoms with Crippen molar-refractivity contribution in [3.63, 3.8) is 0 Å². The number of nitrogens with zero attached hydrogens (tertiary/aromatic N) is 3. The minimum absolute atomic E-state index is 0.0110. The van der Waals surface area contributed by atoms with Gasteiger partial charge in [0, 0.05) is 0 Å². The van der Waals surface area contributed by atoms with Crippen molar-refractivity contribution in [3.05, 3.63) is 95.6 Å². The highest BCUT2D eigenvalue weighted by molar-refractivity contribution is 8.27. The summed E-state index contributed by atoms with van der Waals surface area (Å²) in [6.45, 7) is 2.02. The van der Waals surface area contributed by atoms with Crippen LogP contribution < -0.4 is 8.92 Å². The maximum absolute atomic E-state index is 12.7. The molecule has 0 saturated heterocycles. The van der Waals surface area contributed by atoms with Gasteiger partial charge in [0.1, 0.15) is 28.0 Å². The number of hydrogen-bond acceptors (Lipinski definition) is 8. The highest BCUT2D eigenvalue weighted by Gasteiger charge is 2.35. The summed E-state index contributed by atoms with van der Waals surface area (Å²) >= 11 is 1.16. The second-order valence-electron chi connectivity index (χ2n) is 8.04. The number of amides is 1. The van der Waals surface area contributed by atoms with Crippen molar-refractivity contribution in [1.29, 1.82) is 5.41 Å². The highest BCUT2D eigenvalue weighted by Crippen LogP contribution is 2.29. The Hall–Kier alpha value is -4.22. The number of thioether (sulfide) groups is 1. The van der Waals surface area contributed by atoms with Crippen molar-refractivity contribution in [2.75, 3.05) is 6.61 Å². The number of fused-ring (bicyclic) bond motifs is 1. The Labute approximate surface area is 217 Å². The number of hydrazone groups is 1. The Bertz CT molecular complexity index is 1580. The third-order valence-corrected chi connectivity index (χ3v) is 7.43. The summed E-state index contributed by atoms with van der Waals surface area (Å²) in [5, 5.41) is 15.0. The molecule has 5 rings (SSSR count). The smallest absolute Gasteiger partial charge is 0.339 e. The molecular formula is C26H20N4O5S2. The summed E-state index contributed by atoms with van der Waals surface area (Å²) < 4.78 is 36.3. The highest BCUT2D eigenvalue weighted by atomic mass is 32.2. The molecule has 1 amide bonds. The molecule has 2 heterocycles. The predicted molar refractivity (Wildman–Crippen MR) is 142 cm³/mol. The van der Waals surface area contributed by atoms with Crippen LogP contribution in [0.15, 0.2) is 99.4 Å². The fourth-order valence-corrected chi connectivity index (χ4v) is 5.18. The van der Waals surface area contributed by atoms with Gasteiger partial charge < -0.3 is 8.92 Å². The molecule has 9 nitrogen and oxygen atoms in total. The van der Waals surface area contributed by atoms with E-state index in [4.69, 9.17) is 14.3 Å². The first kappa shape index (κ1) is 24.5. The maximum atomic E-state index is 12.7. The van der Waals surface area contributed by atoms with Crippen LogP contribution in [0.4, 0.5) is 0 Å². The summed E-state index contributed by atoms with van der Waals surface area (Å²) in [4.78, 5) is 16.8. The van der Waals surface area contributed by atoms with Crippen LogP contribution in [0.2, 0.25) is 0 Å². The number of aliphatic imine (C=N–C) groups is 1. The number of carbonyl (C=O) groups excluding carboxylic acids is 1. The van der Waals surface area contributed by atoms with Crippen LogP contribution >= 0.6 is 11.8 Å². The molecule has 3 aromatic rings. The van der Waals surface area contributed by atoms with E-state index >= 15 is 0 Å². The summed E-state index contributed by atoms with van der Waals surface area (Å²) in [7, 11) is -4.04. The number of hydrogen-bond donors (Lipinski definition) is 1. The minimum Gasteiger partial charge on any atom is -0.487 e. The molecule has 0 aliphatic carbocycles. The normalized spacial score (nSPS) is 16.4. The summed E-state index contributed by atoms with van der Waals surface area (Å²) in [5.41, 5.74) is 1.40. The topological polar surface area (TPSA) is 121 Å². The van der Waals surface area contributed by atoms with Gasteiger partial charge in [-0.3, -0.25) is 10.2 Å². The third kappa shape index (κ3) is 5.47. The summed E-state index contributed by atoms with van der Waals surface area (Å²) in [5.74, 6) is 0.0124. The Kier molecular flexibility index (Phi) is 6.64. The first-order valence-corrected chi connectivity index (χ1v) is 13.3. The molecule has 0 fully saturated rings. The van der Waals surface area contributed by atoms with Crippen molar-refractivity contribution >= 4 is 49.9 Å². The van der Waals surface area contributed by atoms with Crippen LogP contribution in [-0.2, 0) is 14.9 Å². The van der Waals surface area contributed by atoms with E-state index in [9.17, 15) is 13.2 Å². The lowest BCUT2D eigenvalue weighted by Gasteiger charge is -2.20. The lowest BCUT2D eigenvalue weighted by Crippen LogP contribution is -2.35. The van der Waals surface area contributed by atoms with E-state index in [2.05, 4.69) is 10.1 Å². The lowest BCUT2D eigenvalue weighted by molar-refractivity contribution is -0.114. The largest absolute Gasteiger partial charge is 0.487 e. The summed E-state index contributed by atoms with van der Waals surface area (Å²) in [6, 6.07) is 21.8. The van der Waals surface area contributed by atoms with Crippen molar-refractivity contribution in [2.24, 2.45) is 10.1 Å². The van der Waals surface area contributed by atoms with Crippen molar-refractivity contribution in [2.45, 2.75) is 11.8 Å². The third-order valence-electron chi connectivity index (χ3n) is 5.29. The second kappa shape index (κ2) is 10.0. The van der Waals surface area contributed by atoms with Crippen LogP contribution in [0, 0.1) is 12.3 Å². The minimum atomic E-state index is -4.04. The first-order valence-electron chi connectivity index (χ1n) is 11.1. The monoisotopic (exact) mass is 532 g/mol. The Morgan fingerprint density at radius 1 is 1.00 bits per heavy atom. The van der Waals surface area contributed by atoms with Gasteiger partial charge in [-0.1, -0.05) is 48.0 Å². The summed E-state index contributed by atoms with van der Waals surface area (Å²) in [6.07, 6.45) is 1.45. The molecule has 0 atom stereocenters. The first-order chi connectivity index (χ1) is 17.8. The van der Waals surface area contributed by atoms with E-state index in [1.54, 1.807) is 24.3 Å². The van der Waals surface area contributed by atoms with Gasteiger partial charge >= 0.3 is 10.1 Å². The van der Waals surface area contributed by atoms with E-state index in [1.807, 2.05) is 37.3 Å². The molecule has 1 N–H and O–H groups in total. The van der Waals surface area contributed by atoms with Crippen molar-refractivity contribution in [1.82, 2.24) is 5.01 Å². The molecule has 186 valence electrons. The zero-order chi connectivity index (χ0) is 26.0. The molecule has 2 aliphatic rings. The molecule has 3 aromatic carbocycles. The lowest BCUT2D eigenvalue weighted by atomic mass is 10.1. The fourth-order valence-electron chi connectivity index (χ4n) is 3.45. The maximum Gasteiger partial charge on any atom is 0.339 e. The van der Waals surface area contributed by atoms with Gasteiger partial charge in [0.05, 0.1) is 5.57 Å². The van der Waals surface area contributed by atoms with Crippen LogP contribution in [0.1, 0.15) is 11.1 Å². The van der Waals surface area contributed by atoms with Gasteiger partial charge in [-0.25, -0.2) is 0 Å². The number of amidine groups is 2. The fraction of sp³-hybridized carbons (Fsp3) is 0.0769. The van der Waals surface area contributed by atoms with Gasteiger partial charge in [-0.2, -0.15) is 23.5 Å². The predicted octanol–water partition coefficient (Wildman–Crippen LogP) is 4.46. The van der Waals surface area contributed by atoms with E-state index in [0.717, 1.165) is 17.3 Å². The number of benzene rings is 3. The van der Waals surface area contributed by atoms with Gasteiger partial charge in [-0.15, -0.1) is 0 Å². The molecule has 0 unspecified atom stereocenters. The second-order valence-corrected chi connectivity index (χ2v) is 10.6. The molecule has 2 aliphatic heterocycles. The zero-order valence-corrected chi connectivity index (χ0v) is 21.1. The van der Waals surface area contributed by atoms with E-state index < -0.39 is 16.0 Å². The standard InChI is InChI=1S/C26H20N4O5S2/c1-17-10-12-21(13-11-17)37(32,33)35-20-9-5-6-18(14-20)15-22-24(27)30-26(28-25(22)31)36-23(29-30)16-34-19-7-3-2-4-8-19/h2-15,27H,16H2,1H3/b22-15-,27-24?. The average molecular weight is 533 g/mol. The van der Waals surface area contributed by atoms with E-state index in [0.29, 0.717) is 16.4 Å². The van der Waals surface area contributed by atoms with E-state index in [1.165, 1.54) is 35.4 Å². The van der Waals surface area contributed by atoms with Gasteiger partial charge in [0.2, 0.25) is 5.17 Å². The van der Waals surface area contributed by atoms with Crippen LogP contribution in [0.25, 0.3) is 6.08 Å².